The lowest BCUT2D eigenvalue weighted by Gasteiger charge is -2.25. The number of guanidine groups is 1. The molecular weight excluding hydrogens is 443 g/mol. The van der Waals surface area contributed by atoms with Crippen molar-refractivity contribution in [3.8, 4) is 0 Å². The van der Waals surface area contributed by atoms with Crippen LogP contribution < -0.4 is 10.6 Å². The van der Waals surface area contributed by atoms with Crippen molar-refractivity contribution in [3.05, 3.63) is 0 Å². The van der Waals surface area contributed by atoms with E-state index in [1.165, 1.54) is 25.7 Å². The summed E-state index contributed by atoms with van der Waals surface area (Å²) in [5, 5.41) is 6.90. The van der Waals surface area contributed by atoms with Crippen LogP contribution in [0.5, 0.6) is 0 Å². The molecule has 2 aliphatic rings. The number of amides is 1. The molecule has 2 aliphatic carbocycles. The molecule has 0 aliphatic heterocycles. The predicted molar refractivity (Wildman–Crippen MR) is 117 cm³/mol. The molecule has 0 aromatic rings. The summed E-state index contributed by atoms with van der Waals surface area (Å²) in [6, 6.07) is 0.501. The van der Waals surface area contributed by atoms with Gasteiger partial charge in [0.1, 0.15) is 6.54 Å². The molecule has 2 rings (SSSR count). The van der Waals surface area contributed by atoms with Gasteiger partial charge in [-0.05, 0) is 43.4 Å². The standard InChI is InChI=1S/C19H36N4O2.HI/c1-14(2)7-9-25-10-8-20-19(21-13-18(24)23(3)4)22-17-12-15-5-6-16(17)11-15;/h14-17H,5-13H2,1-4H3,(H2,20,21,22);1H. The van der Waals surface area contributed by atoms with E-state index < -0.39 is 0 Å². The van der Waals surface area contributed by atoms with Crippen LogP contribution in [-0.4, -0.2) is 63.2 Å². The van der Waals surface area contributed by atoms with Gasteiger partial charge in [0.05, 0.1) is 6.61 Å². The molecule has 2 saturated carbocycles. The number of nitrogens with zero attached hydrogens (tertiary/aromatic N) is 2. The lowest BCUT2D eigenvalue weighted by molar-refractivity contribution is -0.127. The average Bonchev–Trinajstić information content (AvgIpc) is 3.17. The first-order valence-corrected chi connectivity index (χ1v) is 9.78. The van der Waals surface area contributed by atoms with Crippen molar-refractivity contribution in [3.63, 3.8) is 0 Å². The molecule has 0 heterocycles. The topological polar surface area (TPSA) is 66.0 Å². The van der Waals surface area contributed by atoms with Crippen molar-refractivity contribution in [2.24, 2.45) is 22.7 Å². The van der Waals surface area contributed by atoms with Gasteiger partial charge in [-0.1, -0.05) is 20.3 Å². The van der Waals surface area contributed by atoms with Crippen LogP contribution in [-0.2, 0) is 9.53 Å². The number of carbonyl (C=O) groups excluding carboxylic acids is 1. The first kappa shape index (κ1) is 23.5. The fraction of sp³-hybridized carbons (Fsp3) is 0.895. The fourth-order valence-corrected chi connectivity index (χ4v) is 3.70. The highest BCUT2D eigenvalue weighted by atomic mass is 127. The summed E-state index contributed by atoms with van der Waals surface area (Å²) in [6.07, 6.45) is 6.37. The highest BCUT2D eigenvalue weighted by molar-refractivity contribution is 14.0. The molecule has 0 aromatic heterocycles. The van der Waals surface area contributed by atoms with Crippen molar-refractivity contribution in [1.29, 1.82) is 0 Å². The van der Waals surface area contributed by atoms with Crippen LogP contribution >= 0.6 is 24.0 Å². The van der Waals surface area contributed by atoms with Gasteiger partial charge in [-0.3, -0.25) is 4.79 Å². The average molecular weight is 480 g/mol. The zero-order chi connectivity index (χ0) is 18.2. The molecule has 3 unspecified atom stereocenters. The molecule has 0 radical (unpaired) electrons. The minimum atomic E-state index is 0. The van der Waals surface area contributed by atoms with E-state index in [2.05, 4.69) is 29.5 Å². The maximum atomic E-state index is 11.8. The second-order valence-corrected chi connectivity index (χ2v) is 8.10. The number of carbonyl (C=O) groups is 1. The summed E-state index contributed by atoms with van der Waals surface area (Å²) in [5.74, 6) is 3.08. The molecule has 7 heteroatoms. The number of nitrogens with one attached hydrogen (secondary N) is 2. The molecular formula is C19H37IN4O2. The molecule has 3 atom stereocenters. The molecule has 26 heavy (non-hydrogen) atoms. The van der Waals surface area contributed by atoms with Crippen LogP contribution in [0.25, 0.3) is 0 Å². The fourth-order valence-electron chi connectivity index (χ4n) is 3.70. The van der Waals surface area contributed by atoms with Crippen LogP contribution in [0.15, 0.2) is 4.99 Å². The Bertz CT molecular complexity index is 457. The van der Waals surface area contributed by atoms with Crippen molar-refractivity contribution < 1.29 is 9.53 Å². The second-order valence-electron chi connectivity index (χ2n) is 8.10. The molecule has 152 valence electrons. The number of aliphatic imine (C=N–C) groups is 1. The number of fused-ring (bicyclic) bond motifs is 2. The SMILES string of the molecule is CC(C)CCOCCNC(=NCC(=O)N(C)C)NC1CC2CCC1C2.I. The normalized spacial score (nSPS) is 24.5. The lowest BCUT2D eigenvalue weighted by Crippen LogP contribution is -2.47. The summed E-state index contributed by atoms with van der Waals surface area (Å²) in [4.78, 5) is 17.9. The number of hydrogen-bond acceptors (Lipinski definition) is 3. The number of ether oxygens (including phenoxy) is 1. The van der Waals surface area contributed by atoms with Gasteiger partial charge in [-0.25, -0.2) is 4.99 Å². The first-order valence-electron chi connectivity index (χ1n) is 9.78. The maximum absolute atomic E-state index is 11.8. The summed E-state index contributed by atoms with van der Waals surface area (Å²) >= 11 is 0. The summed E-state index contributed by atoms with van der Waals surface area (Å²) in [7, 11) is 3.52. The lowest BCUT2D eigenvalue weighted by atomic mass is 9.95. The molecule has 0 spiro atoms. The molecule has 1 amide bonds. The van der Waals surface area contributed by atoms with E-state index in [0.717, 1.165) is 30.8 Å². The van der Waals surface area contributed by atoms with Crippen LogP contribution in [0.4, 0.5) is 0 Å². The van der Waals surface area contributed by atoms with Crippen molar-refractivity contribution in [1.82, 2.24) is 15.5 Å². The Hall–Kier alpha value is -0.570. The van der Waals surface area contributed by atoms with E-state index in [1.54, 1.807) is 19.0 Å². The van der Waals surface area contributed by atoms with E-state index in [-0.39, 0.29) is 36.4 Å². The van der Waals surface area contributed by atoms with Crippen molar-refractivity contribution >= 4 is 35.8 Å². The predicted octanol–water partition coefficient (Wildman–Crippen LogP) is 2.48. The monoisotopic (exact) mass is 480 g/mol. The maximum Gasteiger partial charge on any atom is 0.243 e. The third kappa shape index (κ3) is 7.98. The zero-order valence-electron chi connectivity index (χ0n) is 16.8. The van der Waals surface area contributed by atoms with Gasteiger partial charge < -0.3 is 20.3 Å². The molecule has 2 fully saturated rings. The summed E-state index contributed by atoms with van der Waals surface area (Å²) in [6.45, 7) is 6.75. The number of likely N-dealkylation sites (N-methyl/N-ethyl adjacent to an activating group) is 1. The Balaban J connectivity index is 0.00000338. The Kier molecular flexibility index (Phi) is 10.8. The Labute approximate surface area is 175 Å². The highest BCUT2D eigenvalue weighted by Gasteiger charge is 2.39. The minimum absolute atomic E-state index is 0. The van der Waals surface area contributed by atoms with Gasteiger partial charge in [0.25, 0.3) is 0 Å². The van der Waals surface area contributed by atoms with E-state index in [4.69, 9.17) is 4.74 Å². The van der Waals surface area contributed by atoms with Crippen LogP contribution in [0.3, 0.4) is 0 Å². The third-order valence-electron chi connectivity index (χ3n) is 5.31. The van der Waals surface area contributed by atoms with E-state index in [1.807, 2.05) is 0 Å². The molecule has 6 nitrogen and oxygen atoms in total. The Morgan fingerprint density at radius 1 is 1.23 bits per heavy atom. The number of rotatable bonds is 9. The van der Waals surface area contributed by atoms with Gasteiger partial charge in [-0.15, -0.1) is 24.0 Å². The van der Waals surface area contributed by atoms with Crippen molar-refractivity contribution in [2.45, 2.75) is 52.0 Å². The second kappa shape index (κ2) is 12.0. The Morgan fingerprint density at radius 3 is 2.58 bits per heavy atom. The Morgan fingerprint density at radius 2 is 2.00 bits per heavy atom. The van der Waals surface area contributed by atoms with Gasteiger partial charge in [0.15, 0.2) is 5.96 Å². The van der Waals surface area contributed by atoms with Crippen LogP contribution in [0.2, 0.25) is 0 Å². The first-order chi connectivity index (χ1) is 12.0. The quantitative estimate of drug-likeness (QED) is 0.230. The van der Waals surface area contributed by atoms with Gasteiger partial charge in [0, 0.05) is 33.3 Å². The molecule has 2 bridgehead atoms. The number of hydrogen-bond donors (Lipinski definition) is 2. The zero-order valence-corrected chi connectivity index (χ0v) is 19.1. The largest absolute Gasteiger partial charge is 0.380 e. The third-order valence-corrected chi connectivity index (χ3v) is 5.31. The molecule has 0 aromatic carbocycles. The highest BCUT2D eigenvalue weighted by Crippen LogP contribution is 2.44. The van der Waals surface area contributed by atoms with E-state index in [0.29, 0.717) is 25.1 Å². The van der Waals surface area contributed by atoms with Gasteiger partial charge >= 0.3 is 0 Å². The van der Waals surface area contributed by atoms with Crippen molar-refractivity contribution in [2.75, 3.05) is 40.4 Å². The molecule has 2 N–H and O–H groups in total. The smallest absolute Gasteiger partial charge is 0.243 e. The van der Waals surface area contributed by atoms with Gasteiger partial charge in [-0.2, -0.15) is 0 Å². The van der Waals surface area contributed by atoms with Crippen LogP contribution in [0, 0.1) is 17.8 Å². The summed E-state index contributed by atoms with van der Waals surface area (Å²) < 4.78 is 5.66. The van der Waals surface area contributed by atoms with Gasteiger partial charge in [0.2, 0.25) is 5.91 Å². The molecule has 0 saturated heterocycles. The van der Waals surface area contributed by atoms with E-state index >= 15 is 0 Å². The van der Waals surface area contributed by atoms with E-state index in [9.17, 15) is 4.79 Å². The number of halogens is 1. The summed E-state index contributed by atoms with van der Waals surface area (Å²) in [5.41, 5.74) is 0. The van der Waals surface area contributed by atoms with Crippen LogP contribution in [0.1, 0.15) is 46.0 Å². The minimum Gasteiger partial charge on any atom is -0.380 e.